The number of carbonyl (C=O) groups excluding carboxylic acids is 1. The summed E-state index contributed by atoms with van der Waals surface area (Å²) in [5.74, 6) is -14.4. The average Bonchev–Trinajstić information content (AvgIpc) is 3.21. The molecule has 1 saturated heterocycles. The van der Waals surface area contributed by atoms with Gasteiger partial charge in [0.05, 0.1) is 18.8 Å². The first-order valence-electron chi connectivity index (χ1n) is 13.0. The van der Waals surface area contributed by atoms with E-state index in [9.17, 15) is 39.9 Å². The molecule has 5 rings (SSSR count). The molecule has 1 aliphatic heterocycles. The molecule has 0 amide bonds. The predicted molar refractivity (Wildman–Crippen MR) is 131 cm³/mol. The molecule has 5 nitrogen and oxygen atoms in total. The SMILES string of the molecule is Cc1c(C(=O)Oc2c(F)c(F)c(F)c(F)c2F)c2ccccc2n1C(C)C1CCC(NC2(C(F)(F)F)COC2)CC1. The van der Waals surface area contributed by atoms with Crippen LogP contribution in [-0.4, -0.2) is 41.5 Å². The summed E-state index contributed by atoms with van der Waals surface area (Å²) < 4.78 is 121. The van der Waals surface area contributed by atoms with Crippen molar-refractivity contribution < 1.29 is 49.4 Å². The fourth-order valence-electron chi connectivity index (χ4n) is 5.97. The van der Waals surface area contributed by atoms with Crippen molar-refractivity contribution in [3.63, 3.8) is 0 Å². The number of nitrogens with zero attached hydrogens (tertiary/aromatic N) is 1. The maximum atomic E-state index is 14.2. The smallest absolute Gasteiger partial charge is 0.411 e. The number of alkyl halides is 3. The molecule has 1 saturated carbocycles. The van der Waals surface area contributed by atoms with E-state index in [0.717, 1.165) is 0 Å². The van der Waals surface area contributed by atoms with Crippen molar-refractivity contribution in [2.45, 2.75) is 63.3 Å². The Morgan fingerprint density at radius 1 is 0.976 bits per heavy atom. The van der Waals surface area contributed by atoms with Gasteiger partial charge < -0.3 is 14.0 Å². The summed E-state index contributed by atoms with van der Waals surface area (Å²) in [6, 6.07) is 6.01. The van der Waals surface area contributed by atoms with E-state index in [0.29, 0.717) is 42.3 Å². The zero-order valence-corrected chi connectivity index (χ0v) is 22.0. The second kappa shape index (κ2) is 10.6. The van der Waals surface area contributed by atoms with Gasteiger partial charge >= 0.3 is 12.1 Å². The second-order valence-electron chi connectivity index (χ2n) is 10.7. The number of aromatic nitrogens is 1. The van der Waals surface area contributed by atoms with Crippen LogP contribution in [0.1, 0.15) is 54.7 Å². The molecule has 2 aliphatic rings. The Bertz CT molecular complexity index is 1460. The van der Waals surface area contributed by atoms with Crippen LogP contribution in [0.3, 0.4) is 0 Å². The number of para-hydroxylation sites is 1. The van der Waals surface area contributed by atoms with Gasteiger partial charge in [0.2, 0.25) is 34.8 Å². The molecule has 0 radical (unpaired) electrons. The summed E-state index contributed by atoms with van der Waals surface area (Å²) in [5.41, 5.74) is -1.22. The molecular formula is C28H26F8N2O3. The van der Waals surface area contributed by atoms with Crippen LogP contribution in [0.5, 0.6) is 5.75 Å². The molecule has 1 aliphatic carbocycles. The lowest BCUT2D eigenvalue weighted by atomic mass is 9.80. The lowest BCUT2D eigenvalue weighted by Gasteiger charge is -2.46. The monoisotopic (exact) mass is 590 g/mol. The second-order valence-corrected chi connectivity index (χ2v) is 10.7. The summed E-state index contributed by atoms with van der Waals surface area (Å²) in [4.78, 5) is 13.1. The molecule has 13 heteroatoms. The van der Waals surface area contributed by atoms with Crippen molar-refractivity contribution in [1.82, 2.24) is 9.88 Å². The number of carbonyl (C=O) groups is 1. The van der Waals surface area contributed by atoms with Gasteiger partial charge in [-0.1, -0.05) is 18.2 Å². The minimum Gasteiger partial charge on any atom is -0.416 e. The molecule has 1 atom stereocenters. The van der Waals surface area contributed by atoms with Gasteiger partial charge in [0, 0.05) is 28.7 Å². The van der Waals surface area contributed by atoms with Gasteiger partial charge in [0.15, 0.2) is 5.54 Å². The summed E-state index contributed by atoms with van der Waals surface area (Å²) in [6.07, 6.45) is -2.28. The van der Waals surface area contributed by atoms with Gasteiger partial charge in [0.1, 0.15) is 0 Å². The Morgan fingerprint density at radius 3 is 2.07 bits per heavy atom. The Kier molecular flexibility index (Phi) is 7.56. The van der Waals surface area contributed by atoms with E-state index >= 15 is 0 Å². The lowest BCUT2D eigenvalue weighted by Crippen LogP contribution is -2.71. The standard InChI is InChI=1S/C28H26F8N2O3/c1-13(15-7-9-16(10-8-15)37-27(11-40-12-27)28(34,35)36)38-14(2)19(17-5-3-4-6-18(17)38)26(39)41-25-23(32)21(30)20(29)22(31)24(25)33/h3-6,13,15-16,37H,7-12H2,1-2H3. The van der Waals surface area contributed by atoms with Crippen LogP contribution in [0.2, 0.25) is 0 Å². The zero-order valence-electron chi connectivity index (χ0n) is 22.0. The largest absolute Gasteiger partial charge is 0.416 e. The Morgan fingerprint density at radius 2 is 1.54 bits per heavy atom. The Balaban J connectivity index is 1.39. The number of rotatable bonds is 6. The molecule has 2 heterocycles. The molecule has 3 aromatic rings. The number of nitrogens with one attached hydrogen (secondary N) is 1. The van der Waals surface area contributed by atoms with Crippen molar-refractivity contribution in [2.24, 2.45) is 5.92 Å². The summed E-state index contributed by atoms with van der Waals surface area (Å²) in [5, 5.41) is 3.10. The third-order valence-electron chi connectivity index (χ3n) is 8.31. The highest BCUT2D eigenvalue weighted by atomic mass is 19.4. The molecule has 222 valence electrons. The number of ether oxygens (including phenoxy) is 2. The average molecular weight is 591 g/mol. The highest BCUT2D eigenvalue weighted by molar-refractivity contribution is 6.06. The molecular weight excluding hydrogens is 564 g/mol. The normalized spacial score (nSPS) is 21.5. The number of hydrogen-bond donors (Lipinski definition) is 1. The van der Waals surface area contributed by atoms with Crippen LogP contribution in [0.25, 0.3) is 10.9 Å². The predicted octanol–water partition coefficient (Wildman–Crippen LogP) is 6.91. The van der Waals surface area contributed by atoms with Gasteiger partial charge in [-0.05, 0) is 51.5 Å². The van der Waals surface area contributed by atoms with Crippen molar-refractivity contribution in [1.29, 1.82) is 0 Å². The number of esters is 1. The summed E-state index contributed by atoms with van der Waals surface area (Å²) in [7, 11) is 0. The lowest BCUT2D eigenvalue weighted by molar-refractivity contribution is -0.270. The van der Waals surface area contributed by atoms with E-state index in [4.69, 9.17) is 9.47 Å². The quantitative estimate of drug-likeness (QED) is 0.112. The topological polar surface area (TPSA) is 52.5 Å². The van der Waals surface area contributed by atoms with Crippen LogP contribution in [0, 0.1) is 41.9 Å². The van der Waals surface area contributed by atoms with Gasteiger partial charge in [-0.3, -0.25) is 5.32 Å². The van der Waals surface area contributed by atoms with Crippen LogP contribution in [-0.2, 0) is 4.74 Å². The third kappa shape index (κ3) is 4.86. The maximum Gasteiger partial charge on any atom is 0.411 e. The van der Waals surface area contributed by atoms with Crippen LogP contribution in [0.15, 0.2) is 24.3 Å². The highest BCUT2D eigenvalue weighted by Crippen LogP contribution is 2.41. The van der Waals surface area contributed by atoms with E-state index in [2.05, 4.69) is 5.32 Å². The number of benzene rings is 2. The molecule has 41 heavy (non-hydrogen) atoms. The van der Waals surface area contributed by atoms with Crippen LogP contribution < -0.4 is 10.1 Å². The molecule has 2 fully saturated rings. The van der Waals surface area contributed by atoms with Gasteiger partial charge in [-0.2, -0.15) is 22.0 Å². The summed E-state index contributed by atoms with van der Waals surface area (Å²) >= 11 is 0. The molecule has 0 bridgehead atoms. The van der Waals surface area contributed by atoms with Crippen LogP contribution in [0.4, 0.5) is 35.1 Å². The molecule has 1 aromatic heterocycles. The van der Waals surface area contributed by atoms with Gasteiger partial charge in [-0.25, -0.2) is 18.0 Å². The van der Waals surface area contributed by atoms with E-state index < -0.39 is 65.7 Å². The Hall–Kier alpha value is -3.19. The van der Waals surface area contributed by atoms with E-state index in [1.165, 1.54) is 0 Å². The minimum atomic E-state index is -4.43. The first kappa shape index (κ1) is 29.3. The first-order chi connectivity index (χ1) is 19.3. The van der Waals surface area contributed by atoms with E-state index in [1.807, 2.05) is 11.5 Å². The number of halogens is 8. The maximum absolute atomic E-state index is 14.2. The zero-order chi connectivity index (χ0) is 29.9. The fraction of sp³-hybridized carbons (Fsp3) is 0.464. The van der Waals surface area contributed by atoms with Crippen molar-refractivity contribution in [3.8, 4) is 5.75 Å². The van der Waals surface area contributed by atoms with Gasteiger partial charge in [0.25, 0.3) is 0 Å². The van der Waals surface area contributed by atoms with Gasteiger partial charge in [-0.15, -0.1) is 0 Å². The molecule has 1 N–H and O–H groups in total. The fourth-order valence-corrected chi connectivity index (χ4v) is 5.97. The van der Waals surface area contributed by atoms with E-state index in [-0.39, 0.29) is 23.6 Å². The summed E-state index contributed by atoms with van der Waals surface area (Å²) in [6.45, 7) is 2.62. The van der Waals surface area contributed by atoms with Crippen molar-refractivity contribution in [3.05, 3.63) is 64.6 Å². The molecule has 1 unspecified atom stereocenters. The third-order valence-corrected chi connectivity index (χ3v) is 8.31. The minimum absolute atomic E-state index is 0.0149. The van der Waals surface area contributed by atoms with E-state index in [1.54, 1.807) is 31.2 Å². The molecule has 2 aromatic carbocycles. The van der Waals surface area contributed by atoms with Crippen LogP contribution >= 0.6 is 0 Å². The van der Waals surface area contributed by atoms with Crippen molar-refractivity contribution >= 4 is 16.9 Å². The van der Waals surface area contributed by atoms with Crippen molar-refractivity contribution in [2.75, 3.05) is 13.2 Å². The number of hydrogen-bond acceptors (Lipinski definition) is 4. The number of fused-ring (bicyclic) bond motifs is 1. The first-order valence-corrected chi connectivity index (χ1v) is 13.0. The Labute approximate surface area is 229 Å². The highest BCUT2D eigenvalue weighted by Gasteiger charge is 2.60. The molecule has 0 spiro atoms.